The predicted octanol–water partition coefficient (Wildman–Crippen LogP) is 4.30. The molecule has 0 aliphatic heterocycles. The van der Waals surface area contributed by atoms with Gasteiger partial charge in [-0.05, 0) is 28.5 Å². The maximum Gasteiger partial charge on any atom is 0.319 e. The molecule has 0 radical (unpaired) electrons. The van der Waals surface area contributed by atoms with E-state index in [1.807, 2.05) is 41.1 Å². The van der Waals surface area contributed by atoms with Gasteiger partial charge in [0.25, 0.3) is 0 Å². The van der Waals surface area contributed by atoms with Gasteiger partial charge in [-0.3, -0.25) is 0 Å². The summed E-state index contributed by atoms with van der Waals surface area (Å²) in [5.41, 5.74) is 4.18. The quantitative estimate of drug-likeness (QED) is 0.438. The number of para-hydroxylation sites is 1. The third-order valence-electron chi connectivity index (χ3n) is 4.61. The number of hydrogen-bond acceptors (Lipinski definition) is 9. The summed E-state index contributed by atoms with van der Waals surface area (Å²) in [5, 5.41) is 7.32. The molecule has 3 aromatic heterocycles. The molecule has 0 fully saturated rings. The van der Waals surface area contributed by atoms with E-state index < -0.39 is 0 Å². The van der Waals surface area contributed by atoms with Crippen LogP contribution in [0.4, 0.5) is 5.95 Å². The molecule has 8 nitrogen and oxygen atoms in total. The van der Waals surface area contributed by atoms with Crippen molar-refractivity contribution in [3.63, 3.8) is 0 Å². The highest BCUT2D eigenvalue weighted by Crippen LogP contribution is 2.36. The molecular weight excluding hydrogens is 414 g/mol. The Bertz CT molecular complexity index is 1170. The van der Waals surface area contributed by atoms with Gasteiger partial charge in [-0.2, -0.15) is 16.3 Å². The van der Waals surface area contributed by atoms with Crippen molar-refractivity contribution in [2.45, 2.75) is 6.54 Å². The standard InChI is InChI=1S/C22H21N5O3S/c1-28-18-7-5-4-6-14(18)10-23-21-24-11-16(15-8-9-31-13-15)19(26-21)17-12-25-22(30-3)27-20(17)29-2/h4-9,11-13H,10H2,1-3H3,(H,23,24,26). The minimum Gasteiger partial charge on any atom is -0.496 e. The second-order valence-corrected chi connectivity index (χ2v) is 7.19. The molecule has 0 amide bonds. The van der Waals surface area contributed by atoms with Gasteiger partial charge in [0, 0.05) is 30.1 Å². The molecule has 0 bridgehead atoms. The van der Waals surface area contributed by atoms with Gasteiger partial charge in [0.15, 0.2) is 0 Å². The van der Waals surface area contributed by atoms with Crippen LogP contribution in [0.2, 0.25) is 0 Å². The summed E-state index contributed by atoms with van der Waals surface area (Å²) in [6.45, 7) is 0.511. The molecule has 0 spiro atoms. The fourth-order valence-corrected chi connectivity index (χ4v) is 3.75. The summed E-state index contributed by atoms with van der Waals surface area (Å²) in [7, 11) is 4.71. The lowest BCUT2D eigenvalue weighted by Crippen LogP contribution is -2.07. The van der Waals surface area contributed by atoms with Crippen LogP contribution in [0, 0.1) is 0 Å². The van der Waals surface area contributed by atoms with Crippen molar-refractivity contribution in [2.75, 3.05) is 26.6 Å². The zero-order valence-electron chi connectivity index (χ0n) is 17.3. The van der Waals surface area contributed by atoms with Crippen LogP contribution in [0.5, 0.6) is 17.6 Å². The fourth-order valence-electron chi connectivity index (χ4n) is 3.09. The van der Waals surface area contributed by atoms with Crippen LogP contribution in [-0.4, -0.2) is 41.3 Å². The van der Waals surface area contributed by atoms with E-state index in [4.69, 9.17) is 19.2 Å². The molecule has 0 saturated heterocycles. The zero-order valence-corrected chi connectivity index (χ0v) is 18.1. The van der Waals surface area contributed by atoms with Gasteiger partial charge in [0.05, 0.1) is 32.6 Å². The van der Waals surface area contributed by atoms with Crippen LogP contribution in [0.15, 0.2) is 53.5 Å². The second-order valence-electron chi connectivity index (χ2n) is 6.41. The van der Waals surface area contributed by atoms with Crippen molar-refractivity contribution in [3.8, 4) is 40.0 Å². The first kappa shape index (κ1) is 20.5. The van der Waals surface area contributed by atoms with Gasteiger partial charge >= 0.3 is 6.01 Å². The molecule has 158 valence electrons. The molecule has 31 heavy (non-hydrogen) atoms. The zero-order chi connectivity index (χ0) is 21.6. The molecule has 1 aromatic carbocycles. The summed E-state index contributed by atoms with van der Waals surface area (Å²) in [4.78, 5) is 17.8. The number of nitrogens with one attached hydrogen (secondary N) is 1. The number of benzene rings is 1. The summed E-state index contributed by atoms with van der Waals surface area (Å²) in [6.07, 6.45) is 3.44. The largest absolute Gasteiger partial charge is 0.496 e. The minimum atomic E-state index is 0.223. The molecule has 4 rings (SSSR count). The maximum absolute atomic E-state index is 5.49. The van der Waals surface area contributed by atoms with Gasteiger partial charge in [0.1, 0.15) is 5.75 Å². The summed E-state index contributed by atoms with van der Waals surface area (Å²) >= 11 is 1.60. The van der Waals surface area contributed by atoms with E-state index in [1.165, 1.54) is 7.11 Å². The van der Waals surface area contributed by atoms with E-state index in [0.717, 1.165) is 22.4 Å². The Labute approximate surface area is 183 Å². The van der Waals surface area contributed by atoms with Crippen molar-refractivity contribution >= 4 is 17.3 Å². The van der Waals surface area contributed by atoms with E-state index in [-0.39, 0.29) is 6.01 Å². The summed E-state index contributed by atoms with van der Waals surface area (Å²) in [5.74, 6) is 1.64. The van der Waals surface area contributed by atoms with Gasteiger partial charge < -0.3 is 19.5 Å². The minimum absolute atomic E-state index is 0.223. The van der Waals surface area contributed by atoms with Crippen molar-refractivity contribution in [1.29, 1.82) is 0 Å². The van der Waals surface area contributed by atoms with Crippen LogP contribution in [0.1, 0.15) is 5.56 Å². The third-order valence-corrected chi connectivity index (χ3v) is 5.30. The first-order valence-corrected chi connectivity index (χ1v) is 10.4. The Kier molecular flexibility index (Phi) is 6.23. The molecule has 0 unspecified atom stereocenters. The van der Waals surface area contributed by atoms with E-state index in [9.17, 15) is 0 Å². The Morgan fingerprint density at radius 3 is 2.48 bits per heavy atom. The van der Waals surface area contributed by atoms with E-state index in [0.29, 0.717) is 29.6 Å². The normalized spacial score (nSPS) is 10.5. The lowest BCUT2D eigenvalue weighted by atomic mass is 10.1. The average Bonchev–Trinajstić information content (AvgIpc) is 3.37. The van der Waals surface area contributed by atoms with Crippen molar-refractivity contribution in [1.82, 2.24) is 19.9 Å². The Hall–Kier alpha value is -3.72. The number of methoxy groups -OCH3 is 3. The first-order chi connectivity index (χ1) is 15.2. The second kappa shape index (κ2) is 9.40. The molecule has 0 aliphatic carbocycles. The first-order valence-electron chi connectivity index (χ1n) is 9.44. The SMILES string of the molecule is COc1ncc(-c2nc(NCc3ccccc3OC)ncc2-c2ccsc2)c(OC)n1. The number of anilines is 1. The molecule has 0 aliphatic rings. The smallest absolute Gasteiger partial charge is 0.319 e. The molecule has 1 N–H and O–H groups in total. The Morgan fingerprint density at radius 1 is 0.903 bits per heavy atom. The summed E-state index contributed by atoms with van der Waals surface area (Å²) < 4.78 is 16.0. The molecule has 0 saturated carbocycles. The highest BCUT2D eigenvalue weighted by Gasteiger charge is 2.18. The Morgan fingerprint density at radius 2 is 1.74 bits per heavy atom. The highest BCUT2D eigenvalue weighted by atomic mass is 32.1. The highest BCUT2D eigenvalue weighted by molar-refractivity contribution is 7.08. The van der Waals surface area contributed by atoms with Gasteiger partial charge in [-0.25, -0.2) is 15.0 Å². The average molecular weight is 436 g/mol. The number of hydrogen-bond donors (Lipinski definition) is 1. The number of ether oxygens (including phenoxy) is 3. The van der Waals surface area contributed by atoms with Crippen LogP contribution in [-0.2, 0) is 6.54 Å². The van der Waals surface area contributed by atoms with Crippen LogP contribution in [0.3, 0.4) is 0 Å². The fraction of sp³-hybridized carbons (Fsp3) is 0.182. The van der Waals surface area contributed by atoms with E-state index in [2.05, 4.69) is 20.3 Å². The molecule has 4 aromatic rings. The van der Waals surface area contributed by atoms with Crippen LogP contribution in [0.25, 0.3) is 22.4 Å². The van der Waals surface area contributed by atoms with Crippen molar-refractivity contribution < 1.29 is 14.2 Å². The monoisotopic (exact) mass is 435 g/mol. The third kappa shape index (κ3) is 4.41. The maximum atomic E-state index is 5.49. The molecule has 3 heterocycles. The summed E-state index contributed by atoms with van der Waals surface area (Å²) in [6, 6.07) is 10.1. The molecule has 0 atom stereocenters. The molecule has 9 heteroatoms. The predicted molar refractivity (Wildman–Crippen MR) is 120 cm³/mol. The number of nitrogens with zero attached hydrogens (tertiary/aromatic N) is 4. The van der Waals surface area contributed by atoms with Gasteiger partial charge in [0.2, 0.25) is 11.8 Å². The lowest BCUT2D eigenvalue weighted by molar-refractivity contribution is 0.353. The lowest BCUT2D eigenvalue weighted by Gasteiger charge is -2.14. The number of rotatable bonds is 8. The Balaban J connectivity index is 1.74. The van der Waals surface area contributed by atoms with Gasteiger partial charge in [-0.1, -0.05) is 18.2 Å². The van der Waals surface area contributed by atoms with Crippen LogP contribution < -0.4 is 19.5 Å². The molecular formula is C22H21N5O3S. The van der Waals surface area contributed by atoms with Gasteiger partial charge in [-0.15, -0.1) is 0 Å². The van der Waals surface area contributed by atoms with Crippen molar-refractivity contribution in [3.05, 3.63) is 59.0 Å². The number of aromatic nitrogens is 4. The topological polar surface area (TPSA) is 91.3 Å². The van der Waals surface area contributed by atoms with Crippen LogP contribution >= 0.6 is 11.3 Å². The van der Waals surface area contributed by atoms with E-state index >= 15 is 0 Å². The van der Waals surface area contributed by atoms with Crippen molar-refractivity contribution in [2.24, 2.45) is 0 Å². The van der Waals surface area contributed by atoms with E-state index in [1.54, 1.807) is 38.0 Å². The number of thiophene rings is 1.